The number of nitrogens with one attached hydrogen (secondary N) is 1. The summed E-state index contributed by atoms with van der Waals surface area (Å²) in [4.78, 5) is 7.15. The van der Waals surface area contributed by atoms with Crippen LogP contribution in [0.4, 0.5) is 11.4 Å². The van der Waals surface area contributed by atoms with E-state index >= 15 is 0 Å². The van der Waals surface area contributed by atoms with Crippen molar-refractivity contribution in [1.82, 2.24) is 9.88 Å². The van der Waals surface area contributed by atoms with Gasteiger partial charge in [-0.1, -0.05) is 60.5 Å². The van der Waals surface area contributed by atoms with Crippen molar-refractivity contribution in [2.24, 2.45) is 0 Å². The topological polar surface area (TPSA) is 52.0 Å². The van der Waals surface area contributed by atoms with Crippen molar-refractivity contribution < 1.29 is 0 Å². The van der Waals surface area contributed by atoms with Crippen molar-refractivity contribution in [3.63, 3.8) is 0 Å². The van der Waals surface area contributed by atoms with Crippen LogP contribution in [-0.4, -0.2) is 23.0 Å². The normalized spacial score (nSPS) is 14.1. The number of anilines is 2. The molecule has 0 bridgehead atoms. The molecule has 1 saturated heterocycles. The molecule has 0 aliphatic carbocycles. The Kier molecular flexibility index (Phi) is 6.29. The molecule has 1 aliphatic heterocycles. The van der Waals surface area contributed by atoms with E-state index in [1.807, 2.05) is 0 Å². The highest BCUT2D eigenvalue weighted by molar-refractivity contribution is 5.97. The molecule has 5 rings (SSSR count). The fourth-order valence-corrected chi connectivity index (χ4v) is 4.86. The van der Waals surface area contributed by atoms with E-state index in [1.165, 1.54) is 49.0 Å². The van der Waals surface area contributed by atoms with Crippen LogP contribution >= 0.6 is 0 Å². The Labute approximate surface area is 201 Å². The molecule has 0 unspecified atom stereocenters. The van der Waals surface area contributed by atoms with Gasteiger partial charge in [-0.15, -0.1) is 0 Å². The number of nitrogens with zero attached hydrogens (tertiary/aromatic N) is 3. The summed E-state index contributed by atoms with van der Waals surface area (Å²) in [6.07, 6.45) is 5.66. The smallest absolute Gasteiger partial charge is 0.103 e. The monoisotopic (exact) mass is 446 g/mol. The van der Waals surface area contributed by atoms with Crippen molar-refractivity contribution in [3.8, 4) is 17.2 Å². The summed E-state index contributed by atoms with van der Waals surface area (Å²) in [7, 11) is 0. The molecule has 1 aliphatic rings. The number of nitriles is 1. The van der Waals surface area contributed by atoms with Gasteiger partial charge in [-0.2, -0.15) is 5.26 Å². The predicted octanol–water partition coefficient (Wildman–Crippen LogP) is 7.12. The van der Waals surface area contributed by atoms with Crippen LogP contribution in [0, 0.1) is 25.2 Å². The minimum absolute atomic E-state index is 0.544. The molecule has 0 saturated carbocycles. The highest BCUT2D eigenvalue weighted by Gasteiger charge is 2.13. The van der Waals surface area contributed by atoms with Crippen LogP contribution in [0.3, 0.4) is 0 Å². The lowest BCUT2D eigenvalue weighted by Crippen LogP contribution is -2.28. The van der Waals surface area contributed by atoms with E-state index in [-0.39, 0.29) is 0 Å². The molecule has 4 aromatic rings. The summed E-state index contributed by atoms with van der Waals surface area (Å²) in [5.41, 5.74) is 9.27. The number of hydrogen-bond acceptors (Lipinski definition) is 4. The van der Waals surface area contributed by atoms with Crippen LogP contribution in [0.25, 0.3) is 22.0 Å². The van der Waals surface area contributed by atoms with Crippen molar-refractivity contribution in [2.75, 3.05) is 18.4 Å². The second-order valence-corrected chi connectivity index (χ2v) is 9.37. The van der Waals surface area contributed by atoms with E-state index in [9.17, 15) is 5.26 Å². The van der Waals surface area contributed by atoms with Crippen molar-refractivity contribution in [2.45, 2.75) is 39.7 Å². The quantitative estimate of drug-likeness (QED) is 0.355. The Morgan fingerprint density at radius 2 is 1.68 bits per heavy atom. The lowest BCUT2D eigenvalue weighted by molar-refractivity contribution is 0.221. The third-order valence-electron chi connectivity index (χ3n) is 6.77. The number of aromatic nitrogens is 1. The summed E-state index contributed by atoms with van der Waals surface area (Å²) in [5.74, 6) is 0. The second-order valence-electron chi connectivity index (χ2n) is 9.37. The standard InChI is InChI=1S/C30H30N4/c1-21-6-13-28(22(2)16-21)33-30-26(18-31)19-32-29-17-25(11-12-27(29)30)24-9-7-23(8-10-24)20-34-14-4-3-5-15-34/h6-13,16-17,19H,3-5,14-15,20H2,1-2H3,(H,32,33). The van der Waals surface area contributed by atoms with Crippen LogP contribution in [-0.2, 0) is 6.54 Å². The van der Waals surface area contributed by atoms with Crippen molar-refractivity contribution in [3.05, 3.63) is 89.1 Å². The first-order chi connectivity index (χ1) is 16.6. The molecule has 1 fully saturated rings. The number of aryl methyl sites for hydroxylation is 2. The fraction of sp³-hybridized carbons (Fsp3) is 0.267. The molecule has 0 radical (unpaired) electrons. The zero-order valence-electron chi connectivity index (χ0n) is 19.9. The number of hydrogen-bond donors (Lipinski definition) is 1. The average molecular weight is 447 g/mol. The Hall–Kier alpha value is -3.68. The molecule has 3 aromatic carbocycles. The molecule has 1 N–H and O–H groups in total. The van der Waals surface area contributed by atoms with Crippen LogP contribution in [0.2, 0.25) is 0 Å². The molecule has 0 atom stereocenters. The van der Waals surface area contributed by atoms with E-state index in [0.29, 0.717) is 5.56 Å². The number of piperidine rings is 1. The minimum Gasteiger partial charge on any atom is -0.354 e. The SMILES string of the molecule is Cc1ccc(Nc2c(C#N)cnc3cc(-c4ccc(CN5CCCCC5)cc4)ccc23)c(C)c1. The Morgan fingerprint density at radius 1 is 0.912 bits per heavy atom. The van der Waals surface area contributed by atoms with Crippen LogP contribution in [0.5, 0.6) is 0 Å². The molecule has 0 spiro atoms. The first-order valence-electron chi connectivity index (χ1n) is 12.1. The lowest BCUT2D eigenvalue weighted by Gasteiger charge is -2.26. The lowest BCUT2D eigenvalue weighted by atomic mass is 10.00. The highest BCUT2D eigenvalue weighted by atomic mass is 15.1. The first-order valence-corrected chi connectivity index (χ1v) is 12.1. The summed E-state index contributed by atoms with van der Waals surface area (Å²) >= 11 is 0. The van der Waals surface area contributed by atoms with E-state index in [4.69, 9.17) is 0 Å². The molecule has 0 amide bonds. The third-order valence-corrected chi connectivity index (χ3v) is 6.77. The summed E-state index contributed by atoms with van der Waals surface area (Å²) in [6.45, 7) is 7.62. The van der Waals surface area contributed by atoms with Gasteiger partial charge in [0.1, 0.15) is 6.07 Å². The summed E-state index contributed by atoms with van der Waals surface area (Å²) < 4.78 is 0. The minimum atomic E-state index is 0.544. The van der Waals surface area contributed by atoms with Crippen molar-refractivity contribution in [1.29, 1.82) is 5.26 Å². The first kappa shape index (κ1) is 22.1. The van der Waals surface area contributed by atoms with Gasteiger partial charge in [0.25, 0.3) is 0 Å². The van der Waals surface area contributed by atoms with Gasteiger partial charge in [-0.3, -0.25) is 9.88 Å². The van der Waals surface area contributed by atoms with Gasteiger partial charge in [-0.05, 0) is 74.2 Å². The van der Waals surface area contributed by atoms with E-state index in [0.717, 1.165) is 39.9 Å². The molecular formula is C30H30N4. The Balaban J connectivity index is 1.44. The maximum atomic E-state index is 9.71. The summed E-state index contributed by atoms with van der Waals surface area (Å²) in [6, 6.07) is 23.8. The van der Waals surface area contributed by atoms with E-state index < -0.39 is 0 Å². The average Bonchev–Trinajstić information content (AvgIpc) is 2.86. The van der Waals surface area contributed by atoms with Crippen LogP contribution < -0.4 is 5.32 Å². The maximum Gasteiger partial charge on any atom is 0.103 e. The van der Waals surface area contributed by atoms with Gasteiger partial charge >= 0.3 is 0 Å². The predicted molar refractivity (Wildman–Crippen MR) is 140 cm³/mol. The summed E-state index contributed by atoms with van der Waals surface area (Å²) in [5, 5.41) is 14.2. The second kappa shape index (κ2) is 9.67. The van der Waals surface area contributed by atoms with Crippen molar-refractivity contribution >= 4 is 22.3 Å². The largest absolute Gasteiger partial charge is 0.354 e. The fourth-order valence-electron chi connectivity index (χ4n) is 4.86. The maximum absolute atomic E-state index is 9.71. The van der Waals surface area contributed by atoms with Gasteiger partial charge in [0.15, 0.2) is 0 Å². The zero-order valence-corrected chi connectivity index (χ0v) is 19.9. The van der Waals surface area contributed by atoms with Crippen LogP contribution in [0.15, 0.2) is 66.9 Å². The van der Waals surface area contributed by atoms with Gasteiger partial charge in [0.2, 0.25) is 0 Å². The number of fused-ring (bicyclic) bond motifs is 1. The Bertz CT molecular complexity index is 1360. The molecular weight excluding hydrogens is 416 g/mol. The number of benzene rings is 3. The molecule has 170 valence electrons. The highest BCUT2D eigenvalue weighted by Crippen LogP contribution is 2.33. The molecule has 4 nitrogen and oxygen atoms in total. The number of pyridine rings is 1. The third kappa shape index (κ3) is 4.66. The number of rotatable bonds is 5. The van der Waals surface area contributed by atoms with E-state index in [2.05, 4.69) is 95.8 Å². The zero-order chi connectivity index (χ0) is 23.5. The molecule has 2 heterocycles. The van der Waals surface area contributed by atoms with Crippen LogP contribution in [0.1, 0.15) is 41.5 Å². The van der Waals surface area contributed by atoms with E-state index in [1.54, 1.807) is 6.20 Å². The van der Waals surface area contributed by atoms with Gasteiger partial charge in [-0.25, -0.2) is 0 Å². The Morgan fingerprint density at radius 3 is 2.41 bits per heavy atom. The molecule has 34 heavy (non-hydrogen) atoms. The van der Waals surface area contributed by atoms with Gasteiger partial charge in [0.05, 0.1) is 16.8 Å². The van der Waals surface area contributed by atoms with Gasteiger partial charge in [0, 0.05) is 23.8 Å². The molecule has 4 heteroatoms. The number of likely N-dealkylation sites (tertiary alicyclic amines) is 1. The van der Waals surface area contributed by atoms with Gasteiger partial charge < -0.3 is 5.32 Å². The molecule has 1 aromatic heterocycles.